The highest BCUT2D eigenvalue weighted by molar-refractivity contribution is 6.31. The number of nitrogens with one attached hydrogen (secondary N) is 1. The van der Waals surface area contributed by atoms with Gasteiger partial charge in [-0.05, 0) is 42.7 Å². The van der Waals surface area contributed by atoms with E-state index in [1.807, 2.05) is 0 Å². The van der Waals surface area contributed by atoms with Crippen LogP contribution in [-0.2, 0) is 4.79 Å². The van der Waals surface area contributed by atoms with Crippen LogP contribution < -0.4 is 11.1 Å². The molecule has 27 heavy (non-hydrogen) atoms. The summed E-state index contributed by atoms with van der Waals surface area (Å²) in [6.45, 7) is 3.83. The molecule has 0 amide bonds. The summed E-state index contributed by atoms with van der Waals surface area (Å²) in [6.07, 6.45) is 2.97. The average molecular weight is 390 g/mol. The number of aromatic nitrogens is 1. The van der Waals surface area contributed by atoms with Crippen molar-refractivity contribution in [1.29, 1.82) is 0 Å². The topological polar surface area (TPSA) is 68.0 Å². The Morgan fingerprint density at radius 1 is 1.30 bits per heavy atom. The van der Waals surface area contributed by atoms with Gasteiger partial charge in [-0.2, -0.15) is 0 Å². The highest BCUT2D eigenvalue weighted by Gasteiger charge is 2.28. The largest absolute Gasteiger partial charge is 0.357 e. The zero-order valence-corrected chi connectivity index (χ0v) is 15.2. The van der Waals surface area contributed by atoms with Crippen molar-refractivity contribution < 1.29 is 13.6 Å². The molecule has 0 saturated carbocycles. The molecule has 1 aromatic carbocycles. The van der Waals surface area contributed by atoms with Gasteiger partial charge in [-0.3, -0.25) is 9.78 Å². The van der Waals surface area contributed by atoms with Crippen LogP contribution in [0.2, 0.25) is 5.02 Å². The maximum absolute atomic E-state index is 14.0. The number of carbonyl (C=O) groups excluding carboxylic acids is 1. The maximum atomic E-state index is 14.0. The first kappa shape index (κ1) is 19.2. The Morgan fingerprint density at radius 3 is 2.78 bits per heavy atom. The number of hydrogen-bond donors (Lipinski definition) is 2. The van der Waals surface area contributed by atoms with Crippen LogP contribution in [0, 0.1) is 11.6 Å². The van der Waals surface area contributed by atoms with Gasteiger partial charge in [-0.1, -0.05) is 24.2 Å². The van der Waals surface area contributed by atoms with E-state index >= 15 is 0 Å². The molecule has 0 spiro atoms. The highest BCUT2D eigenvalue weighted by Crippen LogP contribution is 2.33. The molecule has 0 saturated heterocycles. The van der Waals surface area contributed by atoms with Crippen molar-refractivity contribution in [3.8, 4) is 0 Å². The zero-order chi connectivity index (χ0) is 19.6. The minimum atomic E-state index is -0.838. The number of hydrogen-bond acceptors (Lipinski definition) is 4. The van der Waals surface area contributed by atoms with Gasteiger partial charge in [-0.25, -0.2) is 8.78 Å². The molecule has 0 radical (unpaired) electrons. The molecule has 3 N–H and O–H groups in total. The molecule has 1 aliphatic rings. The van der Waals surface area contributed by atoms with Crippen LogP contribution >= 0.6 is 11.6 Å². The predicted molar refractivity (Wildman–Crippen MR) is 101 cm³/mol. The molecule has 0 aliphatic heterocycles. The molecule has 4 nitrogen and oxygen atoms in total. The Labute approximate surface area is 160 Å². The second-order valence-corrected chi connectivity index (χ2v) is 6.66. The molecule has 1 atom stereocenters. The molecule has 1 aliphatic carbocycles. The number of carbonyl (C=O) groups is 1. The fraction of sp³-hybridized carbons (Fsp3) is 0.200. The molecule has 1 aromatic heterocycles. The van der Waals surface area contributed by atoms with E-state index in [4.69, 9.17) is 17.3 Å². The zero-order valence-electron chi connectivity index (χ0n) is 14.4. The van der Waals surface area contributed by atoms with Gasteiger partial charge < -0.3 is 11.1 Å². The van der Waals surface area contributed by atoms with Gasteiger partial charge in [0.1, 0.15) is 11.5 Å². The van der Waals surface area contributed by atoms with Crippen LogP contribution in [0.1, 0.15) is 36.6 Å². The second kappa shape index (κ2) is 7.98. The van der Waals surface area contributed by atoms with E-state index in [9.17, 15) is 13.6 Å². The number of benzene rings is 1. The number of allylic oxidation sites excluding steroid dienone is 1. The summed E-state index contributed by atoms with van der Waals surface area (Å²) in [5.74, 6) is -1.15. The van der Waals surface area contributed by atoms with E-state index in [1.165, 1.54) is 30.5 Å². The van der Waals surface area contributed by atoms with Gasteiger partial charge in [0, 0.05) is 28.9 Å². The molecule has 140 valence electrons. The summed E-state index contributed by atoms with van der Waals surface area (Å²) in [5.41, 5.74) is 7.93. The monoisotopic (exact) mass is 389 g/mol. The molecule has 0 fully saturated rings. The smallest absolute Gasteiger partial charge is 0.162 e. The molecule has 1 unspecified atom stereocenters. The minimum Gasteiger partial charge on any atom is -0.357 e. The lowest BCUT2D eigenvalue weighted by Crippen LogP contribution is -2.29. The Bertz CT molecular complexity index is 943. The summed E-state index contributed by atoms with van der Waals surface area (Å²) >= 11 is 6.11. The van der Waals surface area contributed by atoms with Crippen molar-refractivity contribution in [2.45, 2.75) is 25.3 Å². The van der Waals surface area contributed by atoms with Crippen molar-refractivity contribution in [3.63, 3.8) is 0 Å². The van der Waals surface area contributed by atoms with Gasteiger partial charge in [0.15, 0.2) is 11.6 Å². The van der Waals surface area contributed by atoms with Gasteiger partial charge >= 0.3 is 0 Å². The molecule has 7 heteroatoms. The van der Waals surface area contributed by atoms with Gasteiger partial charge in [0.25, 0.3) is 0 Å². The van der Waals surface area contributed by atoms with Crippen LogP contribution in [0.4, 0.5) is 8.78 Å². The van der Waals surface area contributed by atoms with Crippen molar-refractivity contribution in [1.82, 2.24) is 10.3 Å². The van der Waals surface area contributed by atoms with E-state index in [0.717, 1.165) is 6.07 Å². The van der Waals surface area contributed by atoms with Crippen LogP contribution in [0.25, 0.3) is 5.70 Å². The first-order valence-electron chi connectivity index (χ1n) is 8.42. The third-order valence-corrected chi connectivity index (χ3v) is 4.74. The summed E-state index contributed by atoms with van der Waals surface area (Å²) in [6, 6.07) is 5.77. The maximum Gasteiger partial charge on any atom is 0.162 e. The second-order valence-electron chi connectivity index (χ2n) is 6.25. The van der Waals surface area contributed by atoms with Crippen LogP contribution in [0.5, 0.6) is 0 Å². The number of Topliss-reactive ketones (excluding diaryl/α,β-unsaturated/α-hetero) is 1. The van der Waals surface area contributed by atoms with Crippen molar-refractivity contribution in [2.75, 3.05) is 0 Å². The molecular formula is C20H18ClF2N3O. The lowest BCUT2D eigenvalue weighted by Gasteiger charge is -2.26. The van der Waals surface area contributed by atoms with Gasteiger partial charge in [0.2, 0.25) is 0 Å². The van der Waals surface area contributed by atoms with E-state index in [1.54, 1.807) is 0 Å². The van der Waals surface area contributed by atoms with E-state index in [0.29, 0.717) is 36.1 Å². The van der Waals surface area contributed by atoms with E-state index in [-0.39, 0.29) is 22.2 Å². The van der Waals surface area contributed by atoms with E-state index in [2.05, 4.69) is 16.9 Å². The Hall–Kier alpha value is -2.57. The lowest BCUT2D eigenvalue weighted by molar-refractivity contribution is -0.116. The summed E-state index contributed by atoms with van der Waals surface area (Å²) in [4.78, 5) is 16.5. The van der Waals surface area contributed by atoms with Crippen molar-refractivity contribution >= 4 is 23.1 Å². The molecule has 3 rings (SSSR count). The number of halogens is 3. The Kier molecular flexibility index (Phi) is 5.68. The standard InChI is InChI=1S/C20H18ClF2N3O/c1-11(20-15(23)4-3-9-25-20)26-16-5-2-6-17(27)18(16)19(24)13-8-7-12(22)10-14(13)21/h3-4,7-10,19,26H,1-2,5-6,24H2. The van der Waals surface area contributed by atoms with E-state index < -0.39 is 17.7 Å². The third kappa shape index (κ3) is 4.07. The van der Waals surface area contributed by atoms with Crippen LogP contribution in [-0.4, -0.2) is 10.8 Å². The Balaban J connectivity index is 1.98. The minimum absolute atomic E-state index is 0.0655. The fourth-order valence-corrected chi connectivity index (χ4v) is 3.40. The first-order valence-corrected chi connectivity index (χ1v) is 8.80. The summed E-state index contributed by atoms with van der Waals surface area (Å²) in [5, 5.41) is 3.14. The number of nitrogens with two attached hydrogens (primary N) is 1. The summed E-state index contributed by atoms with van der Waals surface area (Å²) in [7, 11) is 0. The molecule has 2 aromatic rings. The lowest BCUT2D eigenvalue weighted by atomic mass is 9.87. The van der Waals surface area contributed by atoms with Crippen LogP contribution in [0.3, 0.4) is 0 Å². The SMILES string of the molecule is C=C(NC1=C(C(N)c2ccc(F)cc2Cl)C(=O)CCC1)c1ncccc1F. The van der Waals surface area contributed by atoms with Crippen LogP contribution in [0.15, 0.2) is 54.4 Å². The number of rotatable bonds is 5. The number of pyridine rings is 1. The van der Waals surface area contributed by atoms with Crippen molar-refractivity contribution in [2.24, 2.45) is 5.73 Å². The van der Waals surface area contributed by atoms with Gasteiger partial charge in [0.05, 0.1) is 11.7 Å². The number of ketones is 1. The molecular weight excluding hydrogens is 372 g/mol. The highest BCUT2D eigenvalue weighted by atomic mass is 35.5. The normalized spacial score (nSPS) is 15.6. The third-order valence-electron chi connectivity index (χ3n) is 4.41. The molecule has 1 heterocycles. The number of nitrogens with zero attached hydrogens (tertiary/aromatic N) is 1. The summed E-state index contributed by atoms with van der Waals surface area (Å²) < 4.78 is 27.3. The van der Waals surface area contributed by atoms with Crippen molar-refractivity contribution in [3.05, 3.63) is 82.3 Å². The Morgan fingerprint density at radius 2 is 2.07 bits per heavy atom. The quantitative estimate of drug-likeness (QED) is 0.800. The average Bonchev–Trinajstić information content (AvgIpc) is 2.61. The fourth-order valence-electron chi connectivity index (χ4n) is 3.11. The molecule has 0 bridgehead atoms. The first-order chi connectivity index (χ1) is 12.9. The predicted octanol–water partition coefficient (Wildman–Crippen LogP) is 4.28. The van der Waals surface area contributed by atoms with Gasteiger partial charge in [-0.15, -0.1) is 0 Å².